The molecule has 98 valence electrons. The van der Waals surface area contributed by atoms with E-state index in [1.165, 1.54) is 0 Å². The highest BCUT2D eigenvalue weighted by molar-refractivity contribution is 9.10. The molecule has 2 aromatic rings. The number of halogens is 1. The first kappa shape index (κ1) is 13.8. The third-order valence-electron chi connectivity index (χ3n) is 2.50. The number of hydrogen-bond acceptors (Lipinski definition) is 2. The van der Waals surface area contributed by atoms with Gasteiger partial charge in [-0.15, -0.1) is 0 Å². The van der Waals surface area contributed by atoms with Crippen LogP contribution in [-0.4, -0.2) is 10.2 Å². The Kier molecular flexibility index (Phi) is 4.39. The molecule has 5 heteroatoms. The third-order valence-corrected chi connectivity index (χ3v) is 3.24. The van der Waals surface area contributed by atoms with Gasteiger partial charge < -0.3 is 15.7 Å². The normalized spacial score (nSPS) is 10.0. The predicted molar refractivity (Wildman–Crippen MR) is 86.8 cm³/mol. The molecule has 0 aliphatic carbocycles. The Morgan fingerprint density at radius 3 is 2.42 bits per heavy atom. The number of aryl methyl sites for hydroxylation is 1. The van der Waals surface area contributed by atoms with Gasteiger partial charge in [0, 0.05) is 10.2 Å². The molecule has 0 amide bonds. The van der Waals surface area contributed by atoms with E-state index in [2.05, 4.69) is 26.6 Å². The zero-order chi connectivity index (χ0) is 13.8. The number of anilines is 2. The van der Waals surface area contributed by atoms with Crippen molar-refractivity contribution in [1.29, 1.82) is 0 Å². The molecule has 0 spiro atoms. The number of thiocarbonyl (C=S) groups is 1. The van der Waals surface area contributed by atoms with E-state index in [4.69, 9.17) is 12.2 Å². The van der Waals surface area contributed by atoms with Crippen molar-refractivity contribution >= 4 is 44.6 Å². The van der Waals surface area contributed by atoms with Gasteiger partial charge in [0.1, 0.15) is 5.75 Å². The fraction of sp³-hybridized carbons (Fsp3) is 0.0714. The highest BCUT2D eigenvalue weighted by Crippen LogP contribution is 2.24. The zero-order valence-electron chi connectivity index (χ0n) is 10.3. The minimum Gasteiger partial charge on any atom is -0.506 e. The third kappa shape index (κ3) is 3.94. The van der Waals surface area contributed by atoms with Gasteiger partial charge in [0.2, 0.25) is 0 Å². The molecule has 0 aliphatic heterocycles. The molecular formula is C14H13BrN2OS. The van der Waals surface area contributed by atoms with Gasteiger partial charge in [-0.1, -0.05) is 22.0 Å². The molecule has 0 bridgehead atoms. The fourth-order valence-corrected chi connectivity index (χ4v) is 2.06. The van der Waals surface area contributed by atoms with Gasteiger partial charge in [0.15, 0.2) is 5.11 Å². The number of aromatic hydroxyl groups is 1. The van der Waals surface area contributed by atoms with Crippen LogP contribution in [0.4, 0.5) is 11.4 Å². The number of phenolic OH excluding ortho intramolecular Hbond substituents is 1. The molecular weight excluding hydrogens is 324 g/mol. The van der Waals surface area contributed by atoms with Gasteiger partial charge in [-0.25, -0.2) is 0 Å². The minimum atomic E-state index is 0.181. The first-order chi connectivity index (χ1) is 9.04. The van der Waals surface area contributed by atoms with E-state index in [-0.39, 0.29) is 5.75 Å². The predicted octanol–water partition coefficient (Wildman–Crippen LogP) is 4.27. The number of nitrogens with one attached hydrogen (secondary N) is 2. The summed E-state index contributed by atoms with van der Waals surface area (Å²) >= 11 is 8.57. The second-order valence-electron chi connectivity index (χ2n) is 4.11. The van der Waals surface area contributed by atoms with Crippen molar-refractivity contribution in [3.63, 3.8) is 0 Å². The smallest absolute Gasteiger partial charge is 0.175 e. The van der Waals surface area contributed by atoms with Crippen LogP contribution in [0.3, 0.4) is 0 Å². The lowest BCUT2D eigenvalue weighted by atomic mass is 10.2. The van der Waals surface area contributed by atoms with Crippen molar-refractivity contribution in [2.24, 2.45) is 0 Å². The Morgan fingerprint density at radius 2 is 1.79 bits per heavy atom. The molecule has 0 heterocycles. The summed E-state index contributed by atoms with van der Waals surface area (Å²) in [6, 6.07) is 13.1. The molecule has 0 saturated carbocycles. The Hall–Kier alpha value is -1.59. The Morgan fingerprint density at radius 1 is 1.11 bits per heavy atom. The van der Waals surface area contributed by atoms with E-state index in [9.17, 15) is 5.11 Å². The molecule has 0 aliphatic rings. The molecule has 0 atom stereocenters. The SMILES string of the molecule is Cc1ccc(NC(=S)Nc2ccc(Br)cc2)c(O)c1. The lowest BCUT2D eigenvalue weighted by molar-refractivity contribution is 0.477. The Balaban J connectivity index is 2.03. The van der Waals surface area contributed by atoms with Crippen LogP contribution < -0.4 is 10.6 Å². The fourth-order valence-electron chi connectivity index (χ4n) is 1.57. The van der Waals surface area contributed by atoms with Crippen LogP contribution >= 0.6 is 28.1 Å². The van der Waals surface area contributed by atoms with Crippen LogP contribution in [-0.2, 0) is 0 Å². The van der Waals surface area contributed by atoms with Crippen LogP contribution in [0.1, 0.15) is 5.56 Å². The summed E-state index contributed by atoms with van der Waals surface area (Å²) in [7, 11) is 0. The average molecular weight is 337 g/mol. The summed E-state index contributed by atoms with van der Waals surface area (Å²) in [5.41, 5.74) is 2.46. The van der Waals surface area contributed by atoms with Crippen LogP contribution in [0.5, 0.6) is 5.75 Å². The number of rotatable bonds is 2. The molecule has 3 nitrogen and oxygen atoms in total. The lowest BCUT2D eigenvalue weighted by Gasteiger charge is -2.12. The molecule has 2 rings (SSSR count). The molecule has 19 heavy (non-hydrogen) atoms. The van der Waals surface area contributed by atoms with Crippen LogP contribution in [0.25, 0.3) is 0 Å². The first-order valence-electron chi connectivity index (χ1n) is 5.68. The molecule has 0 saturated heterocycles. The Labute approximate surface area is 125 Å². The number of hydrogen-bond donors (Lipinski definition) is 3. The summed E-state index contributed by atoms with van der Waals surface area (Å²) in [5, 5.41) is 16.2. The molecule has 0 fully saturated rings. The van der Waals surface area contributed by atoms with Gasteiger partial charge in [-0.05, 0) is 61.1 Å². The Bertz CT molecular complexity index is 599. The first-order valence-corrected chi connectivity index (χ1v) is 6.88. The van der Waals surface area contributed by atoms with Crippen molar-refractivity contribution in [2.75, 3.05) is 10.6 Å². The average Bonchev–Trinajstić information content (AvgIpc) is 2.36. The van der Waals surface area contributed by atoms with E-state index in [0.717, 1.165) is 15.7 Å². The summed E-state index contributed by atoms with van der Waals surface area (Å²) in [4.78, 5) is 0. The second-order valence-corrected chi connectivity index (χ2v) is 5.43. The van der Waals surface area contributed by atoms with Crippen LogP contribution in [0, 0.1) is 6.92 Å². The van der Waals surface area contributed by atoms with Crippen molar-refractivity contribution in [3.05, 3.63) is 52.5 Å². The summed E-state index contributed by atoms with van der Waals surface area (Å²) in [5.74, 6) is 0.181. The van der Waals surface area contributed by atoms with Gasteiger partial charge in [-0.2, -0.15) is 0 Å². The maximum atomic E-state index is 9.79. The summed E-state index contributed by atoms with van der Waals surface area (Å²) in [6.07, 6.45) is 0. The van der Waals surface area contributed by atoms with Crippen molar-refractivity contribution in [2.45, 2.75) is 6.92 Å². The quantitative estimate of drug-likeness (QED) is 0.566. The number of phenols is 1. The number of benzene rings is 2. The highest BCUT2D eigenvalue weighted by atomic mass is 79.9. The molecule has 0 unspecified atom stereocenters. The highest BCUT2D eigenvalue weighted by Gasteiger charge is 2.03. The van der Waals surface area contributed by atoms with Gasteiger partial charge in [0.05, 0.1) is 5.69 Å². The van der Waals surface area contributed by atoms with Crippen molar-refractivity contribution in [1.82, 2.24) is 0 Å². The van der Waals surface area contributed by atoms with Crippen LogP contribution in [0.2, 0.25) is 0 Å². The van der Waals surface area contributed by atoms with Crippen LogP contribution in [0.15, 0.2) is 46.9 Å². The van der Waals surface area contributed by atoms with E-state index in [0.29, 0.717) is 10.8 Å². The largest absolute Gasteiger partial charge is 0.506 e. The van der Waals surface area contributed by atoms with Crippen molar-refractivity contribution < 1.29 is 5.11 Å². The van der Waals surface area contributed by atoms with Gasteiger partial charge in [-0.3, -0.25) is 0 Å². The zero-order valence-corrected chi connectivity index (χ0v) is 12.7. The second kappa shape index (κ2) is 6.04. The minimum absolute atomic E-state index is 0.181. The topological polar surface area (TPSA) is 44.3 Å². The van der Waals surface area contributed by atoms with Gasteiger partial charge in [0.25, 0.3) is 0 Å². The van der Waals surface area contributed by atoms with E-state index >= 15 is 0 Å². The van der Waals surface area contributed by atoms with Gasteiger partial charge >= 0.3 is 0 Å². The molecule has 2 aromatic carbocycles. The maximum Gasteiger partial charge on any atom is 0.175 e. The van der Waals surface area contributed by atoms with E-state index < -0.39 is 0 Å². The summed E-state index contributed by atoms with van der Waals surface area (Å²) in [6.45, 7) is 1.92. The van der Waals surface area contributed by atoms with E-state index in [1.54, 1.807) is 12.1 Å². The maximum absolute atomic E-state index is 9.79. The molecule has 3 N–H and O–H groups in total. The monoisotopic (exact) mass is 336 g/mol. The lowest BCUT2D eigenvalue weighted by Crippen LogP contribution is -2.19. The van der Waals surface area contributed by atoms with Crippen molar-refractivity contribution in [3.8, 4) is 5.75 Å². The standard InChI is InChI=1S/C14H13BrN2OS/c1-9-2-7-12(13(18)8-9)17-14(19)16-11-5-3-10(15)4-6-11/h2-8,18H,1H3,(H2,16,17,19). The van der Waals surface area contributed by atoms with E-state index in [1.807, 2.05) is 37.3 Å². The molecule has 0 aromatic heterocycles. The molecule has 0 radical (unpaired) electrons. The summed E-state index contributed by atoms with van der Waals surface area (Å²) < 4.78 is 1.01.